The molecule has 0 aromatic rings. The number of hydrogen-bond acceptors (Lipinski definition) is 3. The van der Waals surface area contributed by atoms with Crippen LogP contribution in [0.15, 0.2) is 0 Å². The summed E-state index contributed by atoms with van der Waals surface area (Å²) < 4.78 is 5.71. The van der Waals surface area contributed by atoms with E-state index in [4.69, 9.17) is 4.74 Å². The molecule has 0 aromatic carbocycles. The maximum Gasteiger partial charge on any atom is 0.220 e. The summed E-state index contributed by atoms with van der Waals surface area (Å²) in [6.45, 7) is 3.96. The van der Waals surface area contributed by atoms with Gasteiger partial charge in [-0.1, -0.05) is 0 Å². The van der Waals surface area contributed by atoms with E-state index in [1.807, 2.05) is 0 Å². The minimum atomic E-state index is 0.208. The minimum Gasteiger partial charge on any atom is -0.374 e. The van der Waals surface area contributed by atoms with E-state index in [0.29, 0.717) is 24.7 Å². The molecule has 0 spiro atoms. The minimum absolute atomic E-state index is 0.208. The van der Waals surface area contributed by atoms with Crippen LogP contribution in [0.3, 0.4) is 0 Å². The SMILES string of the molecule is CC1CCC(CNCCCC(=O)NC2CC2)O1. The highest BCUT2D eigenvalue weighted by Gasteiger charge is 2.23. The molecule has 4 heteroatoms. The maximum absolute atomic E-state index is 11.4. The molecule has 1 aliphatic heterocycles. The van der Waals surface area contributed by atoms with E-state index < -0.39 is 0 Å². The maximum atomic E-state index is 11.4. The Balaban J connectivity index is 1.42. The Morgan fingerprint density at radius 1 is 1.29 bits per heavy atom. The number of rotatable bonds is 7. The molecule has 1 saturated heterocycles. The second-order valence-electron chi connectivity index (χ2n) is 5.30. The molecular weight excluding hydrogens is 216 g/mol. The van der Waals surface area contributed by atoms with Gasteiger partial charge in [0.25, 0.3) is 0 Å². The predicted octanol–water partition coefficient (Wildman–Crippen LogP) is 1.20. The fourth-order valence-corrected chi connectivity index (χ4v) is 2.20. The summed E-state index contributed by atoms with van der Waals surface area (Å²) in [4.78, 5) is 11.4. The van der Waals surface area contributed by atoms with Gasteiger partial charge in [0, 0.05) is 19.0 Å². The third-order valence-electron chi connectivity index (χ3n) is 3.39. The van der Waals surface area contributed by atoms with Crippen LogP contribution < -0.4 is 10.6 Å². The molecule has 1 aliphatic carbocycles. The molecular formula is C13H24N2O2. The molecule has 2 unspecified atom stereocenters. The lowest BCUT2D eigenvalue weighted by Crippen LogP contribution is -2.29. The molecule has 2 atom stereocenters. The summed E-state index contributed by atoms with van der Waals surface area (Å²) in [5.41, 5.74) is 0. The van der Waals surface area contributed by atoms with Gasteiger partial charge in [-0.25, -0.2) is 0 Å². The van der Waals surface area contributed by atoms with Crippen molar-refractivity contribution in [2.45, 2.75) is 63.7 Å². The van der Waals surface area contributed by atoms with E-state index in [2.05, 4.69) is 17.6 Å². The largest absolute Gasteiger partial charge is 0.374 e. The van der Waals surface area contributed by atoms with Gasteiger partial charge in [-0.05, 0) is 45.6 Å². The Morgan fingerprint density at radius 3 is 2.76 bits per heavy atom. The molecule has 17 heavy (non-hydrogen) atoms. The van der Waals surface area contributed by atoms with E-state index in [0.717, 1.165) is 25.9 Å². The van der Waals surface area contributed by atoms with Gasteiger partial charge in [0.2, 0.25) is 5.91 Å². The van der Waals surface area contributed by atoms with Gasteiger partial charge in [0.05, 0.1) is 12.2 Å². The van der Waals surface area contributed by atoms with Gasteiger partial charge < -0.3 is 15.4 Å². The number of nitrogens with one attached hydrogen (secondary N) is 2. The Hall–Kier alpha value is -0.610. The first-order valence-electron chi connectivity index (χ1n) is 6.89. The zero-order valence-electron chi connectivity index (χ0n) is 10.7. The summed E-state index contributed by atoms with van der Waals surface area (Å²) in [5, 5.41) is 6.37. The van der Waals surface area contributed by atoms with Gasteiger partial charge in [0.15, 0.2) is 0 Å². The second kappa shape index (κ2) is 6.36. The Kier molecular flexibility index (Phi) is 4.80. The smallest absolute Gasteiger partial charge is 0.220 e. The van der Waals surface area contributed by atoms with Crippen LogP contribution in [0.5, 0.6) is 0 Å². The second-order valence-corrected chi connectivity index (χ2v) is 5.30. The number of ether oxygens (including phenoxy) is 1. The first-order valence-corrected chi connectivity index (χ1v) is 6.89. The molecule has 0 radical (unpaired) electrons. The molecule has 2 rings (SSSR count). The van der Waals surface area contributed by atoms with Crippen molar-refractivity contribution in [3.05, 3.63) is 0 Å². The standard InChI is InChI=1S/C13H24N2O2/c1-10-4-7-12(17-10)9-14-8-2-3-13(16)15-11-5-6-11/h10-12,14H,2-9H2,1H3,(H,15,16). The van der Waals surface area contributed by atoms with Gasteiger partial charge in [-0.2, -0.15) is 0 Å². The van der Waals surface area contributed by atoms with Crippen LogP contribution in [0.25, 0.3) is 0 Å². The van der Waals surface area contributed by atoms with Crippen LogP contribution >= 0.6 is 0 Å². The number of carbonyl (C=O) groups is 1. The molecule has 1 amide bonds. The van der Waals surface area contributed by atoms with E-state index in [9.17, 15) is 4.79 Å². The number of carbonyl (C=O) groups excluding carboxylic acids is 1. The molecule has 2 aliphatic rings. The molecule has 1 saturated carbocycles. The van der Waals surface area contributed by atoms with E-state index in [1.54, 1.807) is 0 Å². The van der Waals surface area contributed by atoms with E-state index >= 15 is 0 Å². The molecule has 0 aromatic heterocycles. The van der Waals surface area contributed by atoms with Crippen LogP contribution in [-0.4, -0.2) is 37.2 Å². The normalized spacial score (nSPS) is 28.3. The lowest BCUT2D eigenvalue weighted by Gasteiger charge is -2.12. The summed E-state index contributed by atoms with van der Waals surface area (Å²) in [6.07, 6.45) is 7.04. The van der Waals surface area contributed by atoms with Crippen LogP contribution in [0, 0.1) is 0 Å². The average molecular weight is 240 g/mol. The molecule has 4 nitrogen and oxygen atoms in total. The molecule has 1 heterocycles. The van der Waals surface area contributed by atoms with Gasteiger partial charge >= 0.3 is 0 Å². The fraction of sp³-hybridized carbons (Fsp3) is 0.923. The van der Waals surface area contributed by atoms with Gasteiger partial charge in [-0.3, -0.25) is 4.79 Å². The van der Waals surface area contributed by atoms with Crippen molar-refractivity contribution < 1.29 is 9.53 Å². The number of hydrogen-bond donors (Lipinski definition) is 2. The lowest BCUT2D eigenvalue weighted by molar-refractivity contribution is -0.121. The fourth-order valence-electron chi connectivity index (χ4n) is 2.20. The van der Waals surface area contributed by atoms with Crippen molar-refractivity contribution in [3.8, 4) is 0 Å². The van der Waals surface area contributed by atoms with E-state index in [-0.39, 0.29) is 5.91 Å². The Bertz CT molecular complexity index is 254. The lowest BCUT2D eigenvalue weighted by atomic mass is 10.2. The first-order chi connectivity index (χ1) is 8.24. The van der Waals surface area contributed by atoms with Gasteiger partial charge in [-0.15, -0.1) is 0 Å². The predicted molar refractivity (Wildman–Crippen MR) is 66.8 cm³/mol. The summed E-state index contributed by atoms with van der Waals surface area (Å²) >= 11 is 0. The summed E-state index contributed by atoms with van der Waals surface area (Å²) in [7, 11) is 0. The van der Waals surface area contributed by atoms with Crippen molar-refractivity contribution in [2.75, 3.05) is 13.1 Å². The molecule has 0 bridgehead atoms. The third kappa shape index (κ3) is 5.04. The topological polar surface area (TPSA) is 50.4 Å². The highest BCUT2D eigenvalue weighted by atomic mass is 16.5. The molecule has 2 fully saturated rings. The van der Waals surface area contributed by atoms with Crippen LogP contribution in [0.4, 0.5) is 0 Å². The zero-order valence-corrected chi connectivity index (χ0v) is 10.7. The highest BCUT2D eigenvalue weighted by molar-refractivity contribution is 5.76. The van der Waals surface area contributed by atoms with Gasteiger partial charge in [0.1, 0.15) is 0 Å². The van der Waals surface area contributed by atoms with Crippen LogP contribution in [0.2, 0.25) is 0 Å². The third-order valence-corrected chi connectivity index (χ3v) is 3.39. The number of amides is 1. The van der Waals surface area contributed by atoms with Crippen molar-refractivity contribution in [3.63, 3.8) is 0 Å². The van der Waals surface area contributed by atoms with Crippen LogP contribution in [-0.2, 0) is 9.53 Å². The zero-order chi connectivity index (χ0) is 12.1. The Morgan fingerprint density at radius 2 is 2.12 bits per heavy atom. The van der Waals surface area contributed by atoms with Crippen molar-refractivity contribution in [1.29, 1.82) is 0 Å². The first kappa shape index (κ1) is 12.8. The van der Waals surface area contributed by atoms with Crippen LogP contribution in [0.1, 0.15) is 45.4 Å². The van der Waals surface area contributed by atoms with E-state index in [1.165, 1.54) is 19.3 Å². The quantitative estimate of drug-likeness (QED) is 0.658. The molecule has 98 valence electrons. The Labute approximate surface area is 103 Å². The summed E-state index contributed by atoms with van der Waals surface area (Å²) in [6, 6.07) is 0.490. The summed E-state index contributed by atoms with van der Waals surface area (Å²) in [5.74, 6) is 0.208. The van der Waals surface area contributed by atoms with Crippen molar-refractivity contribution in [2.24, 2.45) is 0 Å². The highest BCUT2D eigenvalue weighted by Crippen LogP contribution is 2.19. The van der Waals surface area contributed by atoms with Crippen molar-refractivity contribution in [1.82, 2.24) is 10.6 Å². The monoisotopic (exact) mass is 240 g/mol. The van der Waals surface area contributed by atoms with Crippen molar-refractivity contribution >= 4 is 5.91 Å². The molecule has 2 N–H and O–H groups in total. The average Bonchev–Trinajstić information content (AvgIpc) is 3.00.